The first-order valence-electron chi connectivity index (χ1n) is 5.62. The van der Waals surface area contributed by atoms with Gasteiger partial charge in [0, 0.05) is 10.9 Å². The molecule has 0 saturated carbocycles. The zero-order valence-electron chi connectivity index (χ0n) is 10.1. The standard InChI is InChI=1S/C13H17BrO3/c1-9-7-11(14)8-10(2)13(9)17-6-4-3-5-12(15)16/h7-8H,3-6H2,1-2H3,(H,15,16). The van der Waals surface area contributed by atoms with Gasteiger partial charge in [-0.25, -0.2) is 0 Å². The van der Waals surface area contributed by atoms with Crippen molar-refractivity contribution in [2.24, 2.45) is 0 Å². The summed E-state index contributed by atoms with van der Waals surface area (Å²) in [6, 6.07) is 4.03. The summed E-state index contributed by atoms with van der Waals surface area (Å²) in [5, 5.41) is 8.50. The molecule has 1 rings (SSSR count). The molecule has 0 atom stereocenters. The molecule has 0 saturated heterocycles. The molecule has 4 heteroatoms. The second-order valence-electron chi connectivity index (χ2n) is 4.07. The van der Waals surface area contributed by atoms with Crippen LogP contribution < -0.4 is 4.74 Å². The Labute approximate surface area is 110 Å². The first kappa shape index (κ1) is 14.0. The number of aliphatic carboxylic acids is 1. The van der Waals surface area contributed by atoms with Crippen molar-refractivity contribution in [3.05, 3.63) is 27.7 Å². The van der Waals surface area contributed by atoms with E-state index in [-0.39, 0.29) is 6.42 Å². The maximum absolute atomic E-state index is 10.3. The lowest BCUT2D eigenvalue weighted by atomic mass is 10.1. The van der Waals surface area contributed by atoms with Crippen LogP contribution in [-0.4, -0.2) is 17.7 Å². The zero-order chi connectivity index (χ0) is 12.8. The lowest BCUT2D eigenvalue weighted by Gasteiger charge is -2.12. The number of halogens is 1. The fourth-order valence-electron chi connectivity index (χ4n) is 1.68. The molecule has 0 radical (unpaired) electrons. The molecule has 17 heavy (non-hydrogen) atoms. The molecule has 0 heterocycles. The maximum atomic E-state index is 10.3. The molecule has 0 amide bonds. The van der Waals surface area contributed by atoms with Crippen LogP contribution in [0.2, 0.25) is 0 Å². The Morgan fingerprint density at radius 2 is 1.88 bits per heavy atom. The van der Waals surface area contributed by atoms with Crippen LogP contribution in [-0.2, 0) is 4.79 Å². The first-order valence-corrected chi connectivity index (χ1v) is 6.41. The number of carboxylic acids is 1. The highest BCUT2D eigenvalue weighted by atomic mass is 79.9. The molecule has 0 aromatic heterocycles. The van der Waals surface area contributed by atoms with Crippen molar-refractivity contribution in [1.82, 2.24) is 0 Å². The van der Waals surface area contributed by atoms with E-state index in [2.05, 4.69) is 15.9 Å². The van der Waals surface area contributed by atoms with Crippen LogP contribution in [0, 0.1) is 13.8 Å². The van der Waals surface area contributed by atoms with E-state index in [1.54, 1.807) is 0 Å². The third kappa shape index (κ3) is 4.77. The van der Waals surface area contributed by atoms with Crippen molar-refractivity contribution >= 4 is 21.9 Å². The minimum atomic E-state index is -0.749. The van der Waals surface area contributed by atoms with Crippen molar-refractivity contribution < 1.29 is 14.6 Å². The van der Waals surface area contributed by atoms with E-state index in [1.807, 2.05) is 26.0 Å². The normalized spacial score (nSPS) is 10.3. The van der Waals surface area contributed by atoms with Crippen LogP contribution in [0.15, 0.2) is 16.6 Å². The predicted molar refractivity (Wildman–Crippen MR) is 70.6 cm³/mol. The molecule has 0 aliphatic carbocycles. The van der Waals surface area contributed by atoms with E-state index >= 15 is 0 Å². The second-order valence-corrected chi connectivity index (χ2v) is 4.98. The number of aryl methyl sites for hydroxylation is 2. The molecule has 1 aromatic carbocycles. The van der Waals surface area contributed by atoms with Gasteiger partial charge in [-0.2, -0.15) is 0 Å². The summed E-state index contributed by atoms with van der Waals surface area (Å²) in [5.41, 5.74) is 2.19. The average molecular weight is 301 g/mol. The summed E-state index contributed by atoms with van der Waals surface area (Å²) in [5.74, 6) is 0.157. The Balaban J connectivity index is 2.44. The van der Waals surface area contributed by atoms with Gasteiger partial charge in [0.1, 0.15) is 5.75 Å². The number of rotatable bonds is 6. The molecule has 0 fully saturated rings. The number of unbranched alkanes of at least 4 members (excludes halogenated alkanes) is 1. The van der Waals surface area contributed by atoms with Gasteiger partial charge in [0.15, 0.2) is 0 Å². The van der Waals surface area contributed by atoms with E-state index in [0.29, 0.717) is 13.0 Å². The summed E-state index contributed by atoms with van der Waals surface area (Å²) in [6.07, 6.45) is 1.63. The van der Waals surface area contributed by atoms with Gasteiger partial charge in [-0.3, -0.25) is 4.79 Å². The third-order valence-corrected chi connectivity index (χ3v) is 2.91. The third-order valence-electron chi connectivity index (χ3n) is 2.46. The van der Waals surface area contributed by atoms with Crippen molar-refractivity contribution in [2.45, 2.75) is 33.1 Å². The van der Waals surface area contributed by atoms with Crippen LogP contribution in [0.1, 0.15) is 30.4 Å². The minimum absolute atomic E-state index is 0.210. The summed E-state index contributed by atoms with van der Waals surface area (Å²) < 4.78 is 6.74. The number of carbonyl (C=O) groups is 1. The first-order chi connectivity index (χ1) is 8.00. The SMILES string of the molecule is Cc1cc(Br)cc(C)c1OCCCCC(=O)O. The summed E-state index contributed by atoms with van der Waals surface area (Å²) in [7, 11) is 0. The molecule has 94 valence electrons. The largest absolute Gasteiger partial charge is 0.493 e. The molecule has 1 aromatic rings. The summed E-state index contributed by atoms with van der Waals surface area (Å²) >= 11 is 3.44. The van der Waals surface area contributed by atoms with Crippen molar-refractivity contribution in [3.8, 4) is 5.75 Å². The highest BCUT2D eigenvalue weighted by molar-refractivity contribution is 9.10. The number of benzene rings is 1. The Hall–Kier alpha value is -1.03. The average Bonchev–Trinajstić information content (AvgIpc) is 2.20. The lowest BCUT2D eigenvalue weighted by molar-refractivity contribution is -0.137. The van der Waals surface area contributed by atoms with E-state index in [0.717, 1.165) is 27.8 Å². The number of carboxylic acid groups (broad SMARTS) is 1. The molecular weight excluding hydrogens is 284 g/mol. The maximum Gasteiger partial charge on any atom is 0.303 e. The Morgan fingerprint density at radius 1 is 1.29 bits per heavy atom. The van der Waals surface area contributed by atoms with Gasteiger partial charge in [0.25, 0.3) is 0 Å². The van der Waals surface area contributed by atoms with E-state index in [4.69, 9.17) is 9.84 Å². The lowest BCUT2D eigenvalue weighted by Crippen LogP contribution is -2.02. The van der Waals surface area contributed by atoms with Crippen LogP contribution in [0.5, 0.6) is 5.75 Å². The molecule has 0 unspecified atom stereocenters. The van der Waals surface area contributed by atoms with Gasteiger partial charge in [-0.15, -0.1) is 0 Å². The van der Waals surface area contributed by atoms with E-state index in [9.17, 15) is 4.79 Å². The van der Waals surface area contributed by atoms with Gasteiger partial charge in [-0.05, 0) is 49.9 Å². The van der Waals surface area contributed by atoms with Crippen LogP contribution in [0.4, 0.5) is 0 Å². The molecule has 0 aliphatic rings. The highest BCUT2D eigenvalue weighted by Gasteiger charge is 2.05. The summed E-state index contributed by atoms with van der Waals surface area (Å²) in [4.78, 5) is 10.3. The smallest absolute Gasteiger partial charge is 0.303 e. The Kier molecular flexibility index (Phi) is 5.48. The number of hydrogen-bond donors (Lipinski definition) is 1. The van der Waals surface area contributed by atoms with Gasteiger partial charge < -0.3 is 9.84 Å². The molecule has 1 N–H and O–H groups in total. The second kappa shape index (κ2) is 6.64. The zero-order valence-corrected chi connectivity index (χ0v) is 11.7. The van der Waals surface area contributed by atoms with Crippen LogP contribution in [0.25, 0.3) is 0 Å². The van der Waals surface area contributed by atoms with E-state index < -0.39 is 5.97 Å². The molecule has 3 nitrogen and oxygen atoms in total. The van der Waals surface area contributed by atoms with E-state index in [1.165, 1.54) is 0 Å². The van der Waals surface area contributed by atoms with Crippen molar-refractivity contribution in [2.75, 3.05) is 6.61 Å². The van der Waals surface area contributed by atoms with Gasteiger partial charge in [0.05, 0.1) is 6.61 Å². The fourth-order valence-corrected chi connectivity index (χ4v) is 2.36. The fraction of sp³-hybridized carbons (Fsp3) is 0.462. The van der Waals surface area contributed by atoms with Gasteiger partial charge >= 0.3 is 5.97 Å². The quantitative estimate of drug-likeness (QED) is 0.815. The minimum Gasteiger partial charge on any atom is -0.493 e. The molecular formula is C13H17BrO3. The topological polar surface area (TPSA) is 46.5 Å². The molecule has 0 aliphatic heterocycles. The number of ether oxygens (including phenoxy) is 1. The highest BCUT2D eigenvalue weighted by Crippen LogP contribution is 2.27. The van der Waals surface area contributed by atoms with Crippen LogP contribution >= 0.6 is 15.9 Å². The monoisotopic (exact) mass is 300 g/mol. The Morgan fingerprint density at radius 3 is 2.41 bits per heavy atom. The van der Waals surface area contributed by atoms with Crippen molar-refractivity contribution in [1.29, 1.82) is 0 Å². The Bertz CT molecular complexity index is 379. The van der Waals surface area contributed by atoms with Gasteiger partial charge in [-0.1, -0.05) is 15.9 Å². The predicted octanol–water partition coefficient (Wildman–Crippen LogP) is 3.70. The molecule has 0 spiro atoms. The van der Waals surface area contributed by atoms with Crippen molar-refractivity contribution in [3.63, 3.8) is 0 Å². The summed E-state index contributed by atoms with van der Waals surface area (Å²) in [6.45, 7) is 4.57. The number of hydrogen-bond acceptors (Lipinski definition) is 2. The molecule has 0 bridgehead atoms. The van der Waals surface area contributed by atoms with Gasteiger partial charge in [0.2, 0.25) is 0 Å². The van der Waals surface area contributed by atoms with Crippen LogP contribution in [0.3, 0.4) is 0 Å².